The van der Waals surface area contributed by atoms with Crippen LogP contribution in [-0.4, -0.2) is 25.2 Å². The van der Waals surface area contributed by atoms with E-state index in [2.05, 4.69) is 5.32 Å². The highest BCUT2D eigenvalue weighted by molar-refractivity contribution is 5.94. The third-order valence-corrected chi connectivity index (χ3v) is 2.59. The fourth-order valence-electron chi connectivity index (χ4n) is 1.54. The topological polar surface area (TPSA) is 73.6 Å². The highest BCUT2D eigenvalue weighted by Gasteiger charge is 2.14. The second-order valence-electron chi connectivity index (χ2n) is 3.86. The molecular weight excluding hydrogens is 220 g/mol. The molecule has 0 saturated heterocycles. The summed E-state index contributed by atoms with van der Waals surface area (Å²) in [4.78, 5) is 11.6. The van der Waals surface area contributed by atoms with Gasteiger partial charge in [-0.3, -0.25) is 4.79 Å². The lowest BCUT2D eigenvalue weighted by Crippen LogP contribution is -2.34. The zero-order valence-electron chi connectivity index (χ0n) is 9.73. The van der Waals surface area contributed by atoms with Gasteiger partial charge in [0.2, 0.25) is 5.91 Å². The summed E-state index contributed by atoms with van der Waals surface area (Å²) in [6.07, 6.45) is 0.608. The van der Waals surface area contributed by atoms with E-state index in [1.165, 1.54) is 0 Å². The number of fused-ring (bicyclic) bond motifs is 1. The van der Waals surface area contributed by atoms with Gasteiger partial charge >= 0.3 is 0 Å². The van der Waals surface area contributed by atoms with Gasteiger partial charge in [0, 0.05) is 11.8 Å². The van der Waals surface area contributed by atoms with E-state index in [1.54, 1.807) is 18.2 Å². The van der Waals surface area contributed by atoms with E-state index in [9.17, 15) is 4.79 Å². The quantitative estimate of drug-likeness (QED) is 0.825. The van der Waals surface area contributed by atoms with Crippen LogP contribution >= 0.6 is 0 Å². The molecule has 1 aromatic carbocycles. The Balaban J connectivity index is 2.09. The molecule has 5 heteroatoms. The van der Waals surface area contributed by atoms with Crippen molar-refractivity contribution < 1.29 is 14.3 Å². The molecule has 1 aliphatic heterocycles. The molecule has 0 bridgehead atoms. The van der Waals surface area contributed by atoms with Crippen molar-refractivity contribution in [2.75, 3.05) is 18.5 Å². The molecule has 0 saturated carbocycles. The number of hydrogen-bond donors (Lipinski definition) is 2. The molecule has 1 atom stereocenters. The van der Waals surface area contributed by atoms with E-state index in [4.69, 9.17) is 15.2 Å². The Bertz CT molecular complexity index is 420. The van der Waals surface area contributed by atoms with Gasteiger partial charge in [-0.05, 0) is 18.6 Å². The van der Waals surface area contributed by atoms with Crippen LogP contribution in [0.3, 0.4) is 0 Å². The van der Waals surface area contributed by atoms with Crippen molar-refractivity contribution in [3.63, 3.8) is 0 Å². The Morgan fingerprint density at radius 2 is 2.12 bits per heavy atom. The van der Waals surface area contributed by atoms with Crippen LogP contribution in [-0.2, 0) is 4.79 Å². The molecule has 0 fully saturated rings. The number of nitrogens with two attached hydrogens (primary N) is 1. The van der Waals surface area contributed by atoms with E-state index in [0.717, 1.165) is 0 Å². The molecule has 1 unspecified atom stereocenters. The van der Waals surface area contributed by atoms with Crippen LogP contribution < -0.4 is 20.5 Å². The Morgan fingerprint density at radius 1 is 1.41 bits per heavy atom. The zero-order chi connectivity index (χ0) is 12.3. The number of benzene rings is 1. The van der Waals surface area contributed by atoms with Crippen LogP contribution in [0.1, 0.15) is 13.3 Å². The van der Waals surface area contributed by atoms with E-state index < -0.39 is 6.04 Å². The van der Waals surface area contributed by atoms with Crippen molar-refractivity contribution in [2.45, 2.75) is 19.4 Å². The molecule has 17 heavy (non-hydrogen) atoms. The summed E-state index contributed by atoms with van der Waals surface area (Å²) in [5.74, 6) is 1.16. The number of anilines is 1. The van der Waals surface area contributed by atoms with Gasteiger partial charge in [-0.25, -0.2) is 0 Å². The Morgan fingerprint density at radius 3 is 2.82 bits per heavy atom. The molecule has 1 heterocycles. The number of carbonyl (C=O) groups is 1. The summed E-state index contributed by atoms with van der Waals surface area (Å²) in [5, 5.41) is 2.74. The normalized spacial score (nSPS) is 15.2. The lowest BCUT2D eigenvalue weighted by molar-refractivity contribution is -0.117. The fraction of sp³-hybridized carbons (Fsp3) is 0.417. The lowest BCUT2D eigenvalue weighted by atomic mass is 10.2. The highest BCUT2D eigenvalue weighted by Crippen LogP contribution is 2.32. The summed E-state index contributed by atoms with van der Waals surface area (Å²) in [7, 11) is 0. The van der Waals surface area contributed by atoms with Gasteiger partial charge in [-0.2, -0.15) is 0 Å². The first-order valence-electron chi connectivity index (χ1n) is 5.67. The molecule has 0 spiro atoms. The number of rotatable bonds is 3. The minimum absolute atomic E-state index is 0.191. The fourth-order valence-corrected chi connectivity index (χ4v) is 1.54. The van der Waals surface area contributed by atoms with Crippen LogP contribution in [0.2, 0.25) is 0 Å². The summed E-state index contributed by atoms with van der Waals surface area (Å²) < 4.78 is 10.8. The summed E-state index contributed by atoms with van der Waals surface area (Å²) in [6.45, 7) is 2.95. The third-order valence-electron chi connectivity index (χ3n) is 2.59. The molecule has 0 radical (unpaired) electrons. The van der Waals surface area contributed by atoms with E-state index in [1.807, 2.05) is 6.92 Å². The van der Waals surface area contributed by atoms with Gasteiger partial charge in [0.15, 0.2) is 11.5 Å². The maximum atomic E-state index is 11.6. The van der Waals surface area contributed by atoms with Crippen molar-refractivity contribution in [2.24, 2.45) is 5.73 Å². The van der Waals surface area contributed by atoms with Crippen molar-refractivity contribution in [1.82, 2.24) is 0 Å². The SMILES string of the molecule is CCC(N)C(=O)Nc1ccc2c(c1)OCCO2. The predicted molar refractivity (Wildman–Crippen MR) is 64.3 cm³/mol. The lowest BCUT2D eigenvalue weighted by Gasteiger charge is -2.19. The molecule has 3 N–H and O–H groups in total. The summed E-state index contributed by atoms with van der Waals surface area (Å²) >= 11 is 0. The number of hydrogen-bond acceptors (Lipinski definition) is 4. The second kappa shape index (κ2) is 5.05. The molecular formula is C12H16N2O3. The maximum Gasteiger partial charge on any atom is 0.241 e. The summed E-state index contributed by atoms with van der Waals surface area (Å²) in [6, 6.07) is 4.81. The Kier molecular flexibility index (Phi) is 3.49. The molecule has 1 aromatic rings. The van der Waals surface area contributed by atoms with Gasteiger partial charge in [-0.15, -0.1) is 0 Å². The first kappa shape index (κ1) is 11.7. The average Bonchev–Trinajstić information content (AvgIpc) is 2.37. The van der Waals surface area contributed by atoms with Crippen LogP contribution in [0.5, 0.6) is 11.5 Å². The van der Waals surface area contributed by atoms with Crippen molar-refractivity contribution >= 4 is 11.6 Å². The third kappa shape index (κ3) is 2.68. The van der Waals surface area contributed by atoms with Crippen LogP contribution in [0, 0.1) is 0 Å². The molecule has 1 amide bonds. The van der Waals surface area contributed by atoms with Gasteiger partial charge in [0.05, 0.1) is 6.04 Å². The number of nitrogens with one attached hydrogen (secondary N) is 1. The minimum Gasteiger partial charge on any atom is -0.486 e. The zero-order valence-corrected chi connectivity index (χ0v) is 9.73. The predicted octanol–water partition coefficient (Wildman–Crippen LogP) is 1.13. The minimum atomic E-state index is -0.483. The van der Waals surface area contributed by atoms with Crippen LogP contribution in [0.4, 0.5) is 5.69 Å². The Hall–Kier alpha value is -1.75. The highest BCUT2D eigenvalue weighted by atomic mass is 16.6. The van der Waals surface area contributed by atoms with Gasteiger partial charge < -0.3 is 20.5 Å². The Labute approximate surface area is 99.9 Å². The summed E-state index contributed by atoms with van der Waals surface area (Å²) in [5.41, 5.74) is 6.30. The molecule has 0 aliphatic carbocycles. The molecule has 2 rings (SSSR count). The first-order valence-corrected chi connectivity index (χ1v) is 5.67. The second-order valence-corrected chi connectivity index (χ2v) is 3.86. The van der Waals surface area contributed by atoms with E-state index >= 15 is 0 Å². The van der Waals surface area contributed by atoms with Crippen LogP contribution in [0.25, 0.3) is 0 Å². The average molecular weight is 236 g/mol. The standard InChI is InChI=1S/C12H16N2O3/c1-2-9(13)12(15)14-8-3-4-10-11(7-8)17-6-5-16-10/h3-4,7,9H,2,5-6,13H2,1H3,(H,14,15). The number of amides is 1. The van der Waals surface area contributed by atoms with Crippen LogP contribution in [0.15, 0.2) is 18.2 Å². The van der Waals surface area contributed by atoms with Gasteiger partial charge in [0.1, 0.15) is 13.2 Å². The molecule has 1 aliphatic rings. The van der Waals surface area contributed by atoms with Gasteiger partial charge in [-0.1, -0.05) is 6.92 Å². The van der Waals surface area contributed by atoms with E-state index in [-0.39, 0.29) is 5.91 Å². The number of carbonyl (C=O) groups excluding carboxylic acids is 1. The first-order chi connectivity index (χ1) is 8.20. The molecule has 5 nitrogen and oxygen atoms in total. The van der Waals surface area contributed by atoms with Gasteiger partial charge in [0.25, 0.3) is 0 Å². The smallest absolute Gasteiger partial charge is 0.241 e. The molecule has 0 aromatic heterocycles. The van der Waals surface area contributed by atoms with E-state index in [0.29, 0.717) is 36.8 Å². The maximum absolute atomic E-state index is 11.6. The number of ether oxygens (including phenoxy) is 2. The van der Waals surface area contributed by atoms with Crippen molar-refractivity contribution in [1.29, 1.82) is 0 Å². The molecule has 92 valence electrons. The van der Waals surface area contributed by atoms with Crippen molar-refractivity contribution in [3.8, 4) is 11.5 Å². The largest absolute Gasteiger partial charge is 0.486 e. The van der Waals surface area contributed by atoms with Crippen molar-refractivity contribution in [3.05, 3.63) is 18.2 Å². The monoisotopic (exact) mass is 236 g/mol.